The van der Waals surface area contributed by atoms with Crippen LogP contribution in [-0.4, -0.2) is 27.0 Å². The molecule has 0 heterocycles. The highest BCUT2D eigenvalue weighted by atomic mass is 35.7. The van der Waals surface area contributed by atoms with Crippen molar-refractivity contribution in [3.05, 3.63) is 23.2 Å². The summed E-state index contributed by atoms with van der Waals surface area (Å²) in [7, 11) is 1.34. The van der Waals surface area contributed by atoms with Crippen molar-refractivity contribution in [2.45, 2.75) is 24.8 Å². The second kappa shape index (κ2) is 6.45. The third-order valence-corrected chi connectivity index (χ3v) is 3.64. The van der Waals surface area contributed by atoms with Gasteiger partial charge < -0.3 is 10.1 Å². The SMILES string of the molecule is CC(C)NC(=O)COc1ccc(S(=O)(=O)Cl)cc1Cl. The maximum Gasteiger partial charge on any atom is 0.261 e. The Hall–Kier alpha value is -0.980. The third kappa shape index (κ3) is 5.26. The number of nitrogens with one attached hydrogen (secondary N) is 1. The lowest BCUT2D eigenvalue weighted by atomic mass is 10.3. The molecule has 0 unspecified atom stereocenters. The van der Waals surface area contributed by atoms with Gasteiger partial charge in [0.25, 0.3) is 15.0 Å². The van der Waals surface area contributed by atoms with Crippen molar-refractivity contribution in [2.75, 3.05) is 6.61 Å². The summed E-state index contributed by atoms with van der Waals surface area (Å²) in [5, 5.41) is 2.71. The number of hydrogen-bond acceptors (Lipinski definition) is 4. The molecule has 1 N–H and O–H groups in total. The molecule has 8 heteroatoms. The average molecular weight is 326 g/mol. The highest BCUT2D eigenvalue weighted by molar-refractivity contribution is 8.13. The fourth-order valence-electron chi connectivity index (χ4n) is 1.26. The van der Waals surface area contributed by atoms with E-state index in [0.29, 0.717) is 0 Å². The molecular formula is C11H13Cl2NO4S. The average Bonchev–Trinajstić information content (AvgIpc) is 2.25. The minimum atomic E-state index is -3.84. The second-order valence-corrected chi connectivity index (χ2v) is 7.01. The van der Waals surface area contributed by atoms with Crippen LogP contribution in [0.2, 0.25) is 5.02 Å². The van der Waals surface area contributed by atoms with Gasteiger partial charge in [-0.15, -0.1) is 0 Å². The fraction of sp³-hybridized carbons (Fsp3) is 0.364. The van der Waals surface area contributed by atoms with E-state index < -0.39 is 9.05 Å². The number of ether oxygens (including phenoxy) is 1. The van der Waals surface area contributed by atoms with Crippen LogP contribution in [0.5, 0.6) is 5.75 Å². The number of carbonyl (C=O) groups excluding carboxylic acids is 1. The lowest BCUT2D eigenvalue weighted by Gasteiger charge is -2.11. The summed E-state index contributed by atoms with van der Waals surface area (Å²) >= 11 is 5.84. The standard InChI is InChI=1S/C11H13Cl2NO4S/c1-7(2)14-11(15)6-18-10-4-3-8(5-9(10)12)19(13,16)17/h3-5,7H,6H2,1-2H3,(H,14,15). The Labute approximate surface area is 121 Å². The van der Waals surface area contributed by atoms with Gasteiger partial charge >= 0.3 is 0 Å². The van der Waals surface area contributed by atoms with E-state index in [1.54, 1.807) is 0 Å². The lowest BCUT2D eigenvalue weighted by Crippen LogP contribution is -2.34. The maximum atomic E-state index is 11.4. The number of amides is 1. The highest BCUT2D eigenvalue weighted by Gasteiger charge is 2.13. The van der Waals surface area contributed by atoms with Gasteiger partial charge in [-0.2, -0.15) is 0 Å². The zero-order valence-electron chi connectivity index (χ0n) is 10.3. The van der Waals surface area contributed by atoms with Crippen molar-refractivity contribution in [3.8, 4) is 5.75 Å². The van der Waals surface area contributed by atoms with E-state index in [4.69, 9.17) is 27.0 Å². The van der Waals surface area contributed by atoms with Gasteiger partial charge in [0.15, 0.2) is 6.61 Å². The number of rotatable bonds is 5. The van der Waals surface area contributed by atoms with Crippen molar-refractivity contribution in [2.24, 2.45) is 0 Å². The molecule has 1 rings (SSSR count). The molecule has 19 heavy (non-hydrogen) atoms. The predicted molar refractivity (Wildman–Crippen MR) is 73.3 cm³/mol. The van der Waals surface area contributed by atoms with E-state index in [9.17, 15) is 13.2 Å². The van der Waals surface area contributed by atoms with E-state index in [-0.39, 0.29) is 34.2 Å². The molecule has 0 spiro atoms. The van der Waals surface area contributed by atoms with Crippen molar-refractivity contribution in [1.82, 2.24) is 5.32 Å². The molecule has 0 aliphatic heterocycles. The largest absolute Gasteiger partial charge is 0.482 e. The third-order valence-electron chi connectivity index (χ3n) is 1.99. The fourth-order valence-corrected chi connectivity index (χ4v) is 2.33. The van der Waals surface area contributed by atoms with Crippen LogP contribution in [0.1, 0.15) is 13.8 Å². The first-order valence-corrected chi connectivity index (χ1v) is 8.05. The number of halogens is 2. The van der Waals surface area contributed by atoms with Crippen LogP contribution in [0.15, 0.2) is 23.1 Å². The Balaban J connectivity index is 2.74. The topological polar surface area (TPSA) is 72.5 Å². The van der Waals surface area contributed by atoms with Gasteiger partial charge in [0.1, 0.15) is 5.75 Å². The van der Waals surface area contributed by atoms with Crippen molar-refractivity contribution in [3.63, 3.8) is 0 Å². The monoisotopic (exact) mass is 325 g/mol. The molecular weight excluding hydrogens is 313 g/mol. The first kappa shape index (κ1) is 16.1. The summed E-state index contributed by atoms with van der Waals surface area (Å²) in [5.41, 5.74) is 0. The van der Waals surface area contributed by atoms with E-state index >= 15 is 0 Å². The van der Waals surface area contributed by atoms with E-state index in [1.807, 2.05) is 13.8 Å². The van der Waals surface area contributed by atoms with E-state index in [1.165, 1.54) is 18.2 Å². The molecule has 106 valence electrons. The molecule has 0 fully saturated rings. The van der Waals surface area contributed by atoms with Crippen molar-refractivity contribution in [1.29, 1.82) is 0 Å². The molecule has 1 aromatic rings. The van der Waals surface area contributed by atoms with Crippen LogP contribution in [0.4, 0.5) is 0 Å². The van der Waals surface area contributed by atoms with Gasteiger partial charge in [-0.3, -0.25) is 4.79 Å². The number of benzene rings is 1. The zero-order chi connectivity index (χ0) is 14.6. The molecule has 1 amide bonds. The molecule has 0 aliphatic carbocycles. The molecule has 0 aromatic heterocycles. The Morgan fingerprint density at radius 3 is 2.53 bits per heavy atom. The minimum absolute atomic E-state index is 0.00957. The number of carbonyl (C=O) groups is 1. The lowest BCUT2D eigenvalue weighted by molar-refractivity contribution is -0.123. The molecule has 0 radical (unpaired) electrons. The van der Waals surface area contributed by atoms with Crippen molar-refractivity contribution < 1.29 is 17.9 Å². The van der Waals surface area contributed by atoms with Crippen molar-refractivity contribution >= 4 is 37.2 Å². The summed E-state index contributed by atoms with van der Waals surface area (Å²) < 4.78 is 27.4. The minimum Gasteiger partial charge on any atom is -0.482 e. The summed E-state index contributed by atoms with van der Waals surface area (Å²) in [6.45, 7) is 3.45. The van der Waals surface area contributed by atoms with E-state index in [2.05, 4.69) is 5.32 Å². The van der Waals surface area contributed by atoms with Gasteiger partial charge in [-0.25, -0.2) is 8.42 Å². The van der Waals surface area contributed by atoms with Crippen LogP contribution in [0.3, 0.4) is 0 Å². The molecule has 1 aromatic carbocycles. The Bertz CT molecular complexity index is 572. The Kier molecular flexibility index (Phi) is 5.46. The first-order valence-electron chi connectivity index (χ1n) is 5.36. The molecule has 0 bridgehead atoms. The summed E-state index contributed by atoms with van der Waals surface area (Å²) in [6.07, 6.45) is 0. The molecule has 0 atom stereocenters. The van der Waals surface area contributed by atoms with Crippen LogP contribution >= 0.6 is 22.3 Å². The zero-order valence-corrected chi connectivity index (χ0v) is 12.6. The molecule has 5 nitrogen and oxygen atoms in total. The van der Waals surface area contributed by atoms with E-state index in [0.717, 1.165) is 0 Å². The Morgan fingerprint density at radius 2 is 2.05 bits per heavy atom. The van der Waals surface area contributed by atoms with Gasteiger partial charge in [0.05, 0.1) is 9.92 Å². The molecule has 0 aliphatic rings. The number of hydrogen-bond donors (Lipinski definition) is 1. The van der Waals surface area contributed by atoms with Gasteiger partial charge in [0.2, 0.25) is 0 Å². The quantitative estimate of drug-likeness (QED) is 0.842. The van der Waals surface area contributed by atoms with Crippen LogP contribution in [0, 0.1) is 0 Å². The highest BCUT2D eigenvalue weighted by Crippen LogP contribution is 2.28. The predicted octanol–water partition coefficient (Wildman–Crippen LogP) is 2.17. The van der Waals surface area contributed by atoms with Gasteiger partial charge in [-0.1, -0.05) is 11.6 Å². The van der Waals surface area contributed by atoms with Gasteiger partial charge in [0, 0.05) is 16.7 Å². The Morgan fingerprint density at radius 1 is 1.42 bits per heavy atom. The second-order valence-electron chi connectivity index (χ2n) is 4.04. The van der Waals surface area contributed by atoms with Crippen LogP contribution in [-0.2, 0) is 13.8 Å². The molecule has 0 saturated carbocycles. The summed E-state index contributed by atoms with van der Waals surface area (Å²) in [4.78, 5) is 11.2. The normalized spacial score (nSPS) is 11.4. The summed E-state index contributed by atoms with van der Waals surface area (Å²) in [5.74, 6) is -0.0789. The maximum absolute atomic E-state index is 11.4. The first-order chi connectivity index (χ1) is 8.70. The smallest absolute Gasteiger partial charge is 0.261 e. The van der Waals surface area contributed by atoms with Crippen LogP contribution < -0.4 is 10.1 Å². The molecule has 0 saturated heterocycles. The van der Waals surface area contributed by atoms with Gasteiger partial charge in [-0.05, 0) is 32.0 Å². The van der Waals surface area contributed by atoms with Crippen LogP contribution in [0.25, 0.3) is 0 Å². The summed E-state index contributed by atoms with van der Waals surface area (Å²) in [6, 6.07) is 3.78.